The Balaban J connectivity index is 1.47. The zero-order valence-electron chi connectivity index (χ0n) is 25.0. The Morgan fingerprint density at radius 1 is 1.00 bits per heavy atom. The summed E-state index contributed by atoms with van der Waals surface area (Å²) in [5.41, 5.74) is 4.58. The molecule has 1 N–H and O–H groups in total. The van der Waals surface area contributed by atoms with E-state index in [1.54, 1.807) is 18.3 Å². The fourth-order valence-electron chi connectivity index (χ4n) is 4.78. The molecule has 4 aromatic carbocycles. The van der Waals surface area contributed by atoms with E-state index in [-0.39, 0.29) is 24.0 Å². The average Bonchev–Trinajstić information content (AvgIpc) is 3.01. The van der Waals surface area contributed by atoms with Gasteiger partial charge in [-0.15, -0.1) is 0 Å². The van der Waals surface area contributed by atoms with Crippen LogP contribution in [0.15, 0.2) is 94.8 Å². The smallest absolute Gasteiger partial charge is 0.282 e. The van der Waals surface area contributed by atoms with Gasteiger partial charge in [0.2, 0.25) is 0 Å². The van der Waals surface area contributed by atoms with Gasteiger partial charge in [0.1, 0.15) is 11.5 Å². The molecule has 0 fully saturated rings. The zero-order valence-corrected chi connectivity index (χ0v) is 27.2. The second-order valence-corrected chi connectivity index (χ2v) is 11.7. The van der Waals surface area contributed by atoms with E-state index >= 15 is 0 Å². The summed E-state index contributed by atoms with van der Waals surface area (Å²) in [6.45, 7) is 8.61. The number of ether oxygens (including phenoxy) is 2. The average molecular weight is 701 g/mol. The van der Waals surface area contributed by atoms with Crippen molar-refractivity contribution in [3.63, 3.8) is 0 Å². The third-order valence-corrected chi connectivity index (χ3v) is 7.81. The summed E-state index contributed by atoms with van der Waals surface area (Å²) in [5, 5.41) is 7.93. The largest absolute Gasteiger partial charge is 0.494 e. The van der Waals surface area contributed by atoms with Gasteiger partial charge in [-0.05, 0) is 114 Å². The molecule has 1 aromatic heterocycles. The summed E-state index contributed by atoms with van der Waals surface area (Å²) < 4.78 is 13.8. The number of hydrogen-bond acceptors (Lipinski definition) is 6. The van der Waals surface area contributed by atoms with E-state index in [4.69, 9.17) is 14.5 Å². The van der Waals surface area contributed by atoms with Crippen LogP contribution in [0.1, 0.15) is 43.4 Å². The number of nitrogens with zero attached hydrogens (tertiary/aromatic N) is 3. The molecule has 0 aliphatic carbocycles. The Bertz CT molecular complexity index is 1900. The lowest BCUT2D eigenvalue weighted by Gasteiger charge is -2.18. The normalized spacial score (nSPS) is 11.3. The standard InChI is InChI=1S/C35H33IN4O4/c1-5-43-32-17-23(4)28(19-27(32)22(2)3)34-39-30-14-10-9-13-26(30)35(42)40(34)37-20-24-15-16-31(29(36)18-24)44-21-33(41)38-25-11-7-6-8-12-25/h6-20,22H,5,21H2,1-4H3,(H,38,41). The molecule has 0 bridgehead atoms. The van der Waals surface area contributed by atoms with Gasteiger partial charge in [-0.3, -0.25) is 9.59 Å². The van der Waals surface area contributed by atoms with Gasteiger partial charge in [-0.1, -0.05) is 44.2 Å². The Morgan fingerprint density at radius 2 is 1.75 bits per heavy atom. The van der Waals surface area contributed by atoms with E-state index in [1.165, 1.54) is 4.68 Å². The number of benzene rings is 4. The maximum Gasteiger partial charge on any atom is 0.282 e. The highest BCUT2D eigenvalue weighted by Gasteiger charge is 2.18. The van der Waals surface area contributed by atoms with Crippen LogP contribution in [0.25, 0.3) is 22.3 Å². The number of fused-ring (bicyclic) bond motifs is 1. The molecule has 0 atom stereocenters. The molecule has 1 amide bonds. The van der Waals surface area contributed by atoms with Crippen molar-refractivity contribution in [2.45, 2.75) is 33.6 Å². The van der Waals surface area contributed by atoms with Crippen LogP contribution >= 0.6 is 22.6 Å². The zero-order chi connectivity index (χ0) is 31.2. The second kappa shape index (κ2) is 13.9. The predicted octanol–water partition coefficient (Wildman–Crippen LogP) is 7.40. The molecule has 0 saturated carbocycles. The maximum atomic E-state index is 13.8. The number of carbonyl (C=O) groups is 1. The molecule has 0 radical (unpaired) electrons. The molecular weight excluding hydrogens is 667 g/mol. The number of carbonyl (C=O) groups excluding carboxylic acids is 1. The van der Waals surface area contributed by atoms with Crippen molar-refractivity contribution in [3.8, 4) is 22.9 Å². The molecule has 9 heteroatoms. The number of aromatic nitrogens is 2. The molecule has 224 valence electrons. The first-order chi connectivity index (χ1) is 21.2. The summed E-state index contributed by atoms with van der Waals surface area (Å²) >= 11 is 2.16. The first-order valence-electron chi connectivity index (χ1n) is 14.4. The number of hydrogen-bond donors (Lipinski definition) is 1. The van der Waals surface area contributed by atoms with Gasteiger partial charge in [0.25, 0.3) is 11.5 Å². The van der Waals surface area contributed by atoms with Crippen LogP contribution in [0.4, 0.5) is 5.69 Å². The number of halogens is 1. The van der Waals surface area contributed by atoms with Crippen molar-refractivity contribution in [1.82, 2.24) is 9.66 Å². The molecule has 1 heterocycles. The van der Waals surface area contributed by atoms with E-state index in [1.807, 2.05) is 80.6 Å². The Hall–Kier alpha value is -4.51. The highest BCUT2D eigenvalue weighted by atomic mass is 127. The lowest BCUT2D eigenvalue weighted by atomic mass is 9.96. The second-order valence-electron chi connectivity index (χ2n) is 10.5. The van der Waals surface area contributed by atoms with Gasteiger partial charge in [0.05, 0.1) is 27.3 Å². The number of aryl methyl sites for hydroxylation is 1. The number of anilines is 1. The van der Waals surface area contributed by atoms with Crippen LogP contribution in [-0.2, 0) is 4.79 Å². The lowest BCUT2D eigenvalue weighted by Crippen LogP contribution is -2.21. The lowest BCUT2D eigenvalue weighted by molar-refractivity contribution is -0.118. The van der Waals surface area contributed by atoms with Gasteiger partial charge in [-0.2, -0.15) is 9.78 Å². The van der Waals surface area contributed by atoms with Crippen molar-refractivity contribution in [1.29, 1.82) is 0 Å². The fraction of sp³-hybridized carbons (Fsp3) is 0.200. The van der Waals surface area contributed by atoms with E-state index in [0.717, 1.165) is 31.6 Å². The molecule has 5 aromatic rings. The van der Waals surface area contributed by atoms with Crippen LogP contribution < -0.4 is 20.3 Å². The van der Waals surface area contributed by atoms with E-state index < -0.39 is 0 Å². The van der Waals surface area contributed by atoms with Crippen molar-refractivity contribution in [2.75, 3.05) is 18.5 Å². The summed E-state index contributed by atoms with van der Waals surface area (Å²) in [7, 11) is 0. The predicted molar refractivity (Wildman–Crippen MR) is 184 cm³/mol. The van der Waals surface area contributed by atoms with Crippen molar-refractivity contribution < 1.29 is 14.3 Å². The number of para-hydroxylation sites is 2. The minimum atomic E-state index is -0.264. The minimum Gasteiger partial charge on any atom is -0.494 e. The van der Waals surface area contributed by atoms with E-state index in [9.17, 15) is 9.59 Å². The van der Waals surface area contributed by atoms with Crippen molar-refractivity contribution >= 4 is 51.3 Å². The maximum absolute atomic E-state index is 13.8. The van der Waals surface area contributed by atoms with Crippen LogP contribution in [0.5, 0.6) is 11.5 Å². The Labute approximate surface area is 269 Å². The summed E-state index contributed by atoms with van der Waals surface area (Å²) in [6.07, 6.45) is 1.63. The SMILES string of the molecule is CCOc1cc(C)c(-c2nc3ccccc3c(=O)n2N=Cc2ccc(OCC(=O)Nc3ccccc3)c(I)c2)cc1C(C)C. The van der Waals surface area contributed by atoms with E-state index in [2.05, 4.69) is 52.9 Å². The number of rotatable bonds is 10. The summed E-state index contributed by atoms with van der Waals surface area (Å²) in [6, 6.07) is 26.1. The highest BCUT2D eigenvalue weighted by Crippen LogP contribution is 2.34. The molecule has 0 saturated heterocycles. The molecule has 0 aliphatic heterocycles. The third kappa shape index (κ3) is 6.99. The Kier molecular flexibility index (Phi) is 9.74. The van der Waals surface area contributed by atoms with Crippen molar-refractivity contribution in [2.24, 2.45) is 5.10 Å². The summed E-state index contributed by atoms with van der Waals surface area (Å²) in [4.78, 5) is 31.0. The minimum absolute atomic E-state index is 0.125. The van der Waals surface area contributed by atoms with E-state index in [0.29, 0.717) is 34.8 Å². The van der Waals surface area contributed by atoms with Crippen LogP contribution in [0.3, 0.4) is 0 Å². The van der Waals surface area contributed by atoms with Crippen LogP contribution in [-0.4, -0.2) is 35.0 Å². The first kappa shape index (κ1) is 30.9. The molecule has 5 rings (SSSR count). The topological polar surface area (TPSA) is 94.8 Å². The monoisotopic (exact) mass is 700 g/mol. The molecule has 0 aliphatic rings. The fourth-order valence-corrected chi connectivity index (χ4v) is 5.47. The van der Waals surface area contributed by atoms with Gasteiger partial charge >= 0.3 is 0 Å². The summed E-state index contributed by atoms with van der Waals surface area (Å²) in [5.74, 6) is 1.80. The third-order valence-electron chi connectivity index (χ3n) is 6.97. The van der Waals surface area contributed by atoms with Gasteiger partial charge in [0.15, 0.2) is 12.4 Å². The molecule has 8 nitrogen and oxygen atoms in total. The molecule has 0 spiro atoms. The number of nitrogens with one attached hydrogen (secondary N) is 1. The quantitative estimate of drug-likeness (QED) is 0.121. The first-order valence-corrected chi connectivity index (χ1v) is 15.4. The molecular formula is C35H33IN4O4. The number of amides is 1. The van der Waals surface area contributed by atoms with Crippen molar-refractivity contribution in [3.05, 3.63) is 116 Å². The van der Waals surface area contributed by atoms with Crippen LogP contribution in [0.2, 0.25) is 0 Å². The molecule has 0 unspecified atom stereocenters. The Morgan fingerprint density at radius 3 is 2.48 bits per heavy atom. The molecule has 44 heavy (non-hydrogen) atoms. The van der Waals surface area contributed by atoms with Gasteiger partial charge < -0.3 is 14.8 Å². The van der Waals surface area contributed by atoms with Crippen LogP contribution in [0, 0.1) is 10.5 Å². The van der Waals surface area contributed by atoms with Gasteiger partial charge in [0, 0.05) is 11.3 Å². The van der Waals surface area contributed by atoms with Gasteiger partial charge in [-0.25, -0.2) is 4.98 Å². The highest BCUT2D eigenvalue weighted by molar-refractivity contribution is 14.1.